The van der Waals surface area contributed by atoms with E-state index in [1.165, 1.54) is 0 Å². The van der Waals surface area contributed by atoms with Crippen LogP contribution in [0.2, 0.25) is 0 Å². The number of hydrogen-bond acceptors (Lipinski definition) is 8. The number of anilines is 2. The van der Waals surface area contributed by atoms with Gasteiger partial charge in [-0.15, -0.1) is 0 Å². The van der Waals surface area contributed by atoms with Crippen molar-refractivity contribution in [1.82, 2.24) is 15.3 Å². The van der Waals surface area contributed by atoms with E-state index in [0.717, 1.165) is 17.3 Å². The second-order valence-corrected chi connectivity index (χ2v) is 7.67. The van der Waals surface area contributed by atoms with Gasteiger partial charge in [-0.05, 0) is 29.8 Å². The van der Waals surface area contributed by atoms with Gasteiger partial charge in [0, 0.05) is 12.1 Å². The monoisotopic (exact) mass is 453 g/mol. The largest absolute Gasteiger partial charge is 0.454 e. The van der Waals surface area contributed by atoms with Gasteiger partial charge in [0.2, 0.25) is 12.7 Å². The molecule has 2 aromatic carbocycles. The Hall–Kier alpha value is -3.99. The van der Waals surface area contributed by atoms with Crippen LogP contribution in [0.3, 0.4) is 0 Å². The van der Waals surface area contributed by atoms with Crippen LogP contribution in [-0.4, -0.2) is 34.3 Å². The van der Waals surface area contributed by atoms with Gasteiger partial charge >= 0.3 is 0 Å². The molecule has 0 saturated carbocycles. The van der Waals surface area contributed by atoms with E-state index in [0.29, 0.717) is 23.6 Å². The SMILES string of the molecule is Nc1nc(SCC(=O)NCc2ccc3c(c2)OCO3)[nH]c(=O)c1NC(=O)c1ccccc1. The van der Waals surface area contributed by atoms with Crippen molar-refractivity contribution in [2.24, 2.45) is 0 Å². The third-order valence-electron chi connectivity index (χ3n) is 4.47. The summed E-state index contributed by atoms with van der Waals surface area (Å²) in [4.78, 5) is 43.4. The molecule has 164 valence electrons. The number of nitrogens with zero attached hydrogens (tertiary/aromatic N) is 1. The fourth-order valence-corrected chi connectivity index (χ4v) is 3.57. The number of aromatic amines is 1. The maximum absolute atomic E-state index is 12.3. The number of nitrogen functional groups attached to an aromatic ring is 1. The molecule has 3 aromatic rings. The van der Waals surface area contributed by atoms with Gasteiger partial charge in [0.1, 0.15) is 5.69 Å². The predicted molar refractivity (Wildman–Crippen MR) is 119 cm³/mol. The molecule has 0 bridgehead atoms. The van der Waals surface area contributed by atoms with Crippen molar-refractivity contribution in [1.29, 1.82) is 0 Å². The Labute approximate surface area is 186 Å². The van der Waals surface area contributed by atoms with E-state index >= 15 is 0 Å². The summed E-state index contributed by atoms with van der Waals surface area (Å²) >= 11 is 1.02. The van der Waals surface area contributed by atoms with Crippen LogP contribution >= 0.6 is 11.8 Å². The molecule has 0 aliphatic carbocycles. The fraction of sp³-hybridized carbons (Fsp3) is 0.143. The first kappa shape index (κ1) is 21.2. The van der Waals surface area contributed by atoms with Gasteiger partial charge in [-0.3, -0.25) is 19.4 Å². The maximum Gasteiger partial charge on any atom is 0.277 e. The average molecular weight is 453 g/mol. The second-order valence-electron chi connectivity index (χ2n) is 6.70. The molecule has 1 aliphatic heterocycles. The van der Waals surface area contributed by atoms with Crippen LogP contribution in [0.5, 0.6) is 11.5 Å². The molecule has 0 fully saturated rings. The topological polar surface area (TPSA) is 148 Å². The van der Waals surface area contributed by atoms with E-state index < -0.39 is 11.5 Å². The summed E-state index contributed by atoms with van der Waals surface area (Å²) in [6, 6.07) is 13.8. The molecule has 10 nitrogen and oxygen atoms in total. The summed E-state index contributed by atoms with van der Waals surface area (Å²) in [5.74, 6) is 0.460. The van der Waals surface area contributed by atoms with Crippen molar-refractivity contribution in [3.8, 4) is 11.5 Å². The van der Waals surface area contributed by atoms with Crippen LogP contribution in [0.4, 0.5) is 11.5 Å². The Kier molecular flexibility index (Phi) is 6.26. The van der Waals surface area contributed by atoms with Crippen molar-refractivity contribution >= 4 is 35.1 Å². The number of ether oxygens (including phenoxy) is 2. The molecule has 1 aromatic heterocycles. The van der Waals surface area contributed by atoms with E-state index in [4.69, 9.17) is 15.2 Å². The number of aromatic nitrogens is 2. The molecule has 11 heteroatoms. The lowest BCUT2D eigenvalue weighted by Crippen LogP contribution is -2.25. The van der Waals surface area contributed by atoms with Crippen LogP contribution in [0, 0.1) is 0 Å². The lowest BCUT2D eigenvalue weighted by atomic mass is 10.2. The first-order chi connectivity index (χ1) is 15.5. The van der Waals surface area contributed by atoms with Crippen molar-refractivity contribution < 1.29 is 19.1 Å². The van der Waals surface area contributed by atoms with E-state index in [1.54, 1.807) is 42.5 Å². The molecular formula is C21H19N5O5S. The van der Waals surface area contributed by atoms with Gasteiger partial charge in [-0.25, -0.2) is 4.98 Å². The van der Waals surface area contributed by atoms with Crippen molar-refractivity contribution in [2.75, 3.05) is 23.6 Å². The van der Waals surface area contributed by atoms with Gasteiger partial charge < -0.3 is 25.8 Å². The highest BCUT2D eigenvalue weighted by atomic mass is 32.2. The lowest BCUT2D eigenvalue weighted by molar-refractivity contribution is -0.118. The molecule has 2 heterocycles. The number of H-pyrrole nitrogens is 1. The number of carbonyl (C=O) groups excluding carboxylic acids is 2. The third-order valence-corrected chi connectivity index (χ3v) is 5.34. The summed E-state index contributed by atoms with van der Waals surface area (Å²) in [6.45, 7) is 0.497. The summed E-state index contributed by atoms with van der Waals surface area (Å²) in [5.41, 5.74) is 6.34. The number of rotatable bonds is 7. The Morgan fingerprint density at radius 3 is 2.69 bits per heavy atom. The predicted octanol–water partition coefficient (Wildman–Crippen LogP) is 1.74. The number of benzene rings is 2. The Morgan fingerprint density at radius 2 is 1.91 bits per heavy atom. The van der Waals surface area contributed by atoms with Crippen molar-refractivity contribution in [3.05, 3.63) is 70.0 Å². The van der Waals surface area contributed by atoms with Crippen molar-refractivity contribution in [3.63, 3.8) is 0 Å². The third kappa shape index (κ3) is 5.01. The summed E-state index contributed by atoms with van der Waals surface area (Å²) in [5, 5.41) is 5.42. The summed E-state index contributed by atoms with van der Waals surface area (Å²) < 4.78 is 10.6. The minimum Gasteiger partial charge on any atom is -0.454 e. The van der Waals surface area contributed by atoms with E-state index in [1.807, 2.05) is 6.07 Å². The van der Waals surface area contributed by atoms with Crippen LogP contribution in [0.15, 0.2) is 58.5 Å². The van der Waals surface area contributed by atoms with E-state index in [-0.39, 0.29) is 35.1 Å². The minimum absolute atomic E-state index is 0.0165. The molecular weight excluding hydrogens is 434 g/mol. The number of thioether (sulfide) groups is 1. The van der Waals surface area contributed by atoms with Gasteiger partial charge in [0.25, 0.3) is 11.5 Å². The zero-order valence-electron chi connectivity index (χ0n) is 16.7. The number of hydrogen-bond donors (Lipinski definition) is 4. The van der Waals surface area contributed by atoms with E-state index in [9.17, 15) is 14.4 Å². The number of amides is 2. The number of nitrogens with two attached hydrogens (primary N) is 1. The zero-order chi connectivity index (χ0) is 22.5. The Balaban J connectivity index is 1.32. The van der Waals surface area contributed by atoms with Crippen molar-refractivity contribution in [2.45, 2.75) is 11.7 Å². The van der Waals surface area contributed by atoms with Crippen LogP contribution in [0.25, 0.3) is 0 Å². The molecule has 0 unspecified atom stereocenters. The normalized spacial score (nSPS) is 11.8. The average Bonchev–Trinajstić information content (AvgIpc) is 3.27. The standard InChI is InChI=1S/C21H19N5O5S/c22-18-17(24-19(28)13-4-2-1-3-5-13)20(29)26-21(25-18)32-10-16(27)23-9-12-6-7-14-15(8-12)31-11-30-14/h1-8H,9-11H2,(H,23,27)(H,24,28)(H3,22,25,26,29). The van der Waals surface area contributed by atoms with Crippen LogP contribution in [-0.2, 0) is 11.3 Å². The molecule has 0 spiro atoms. The number of carbonyl (C=O) groups is 2. The first-order valence-corrected chi connectivity index (χ1v) is 10.5. The minimum atomic E-state index is -0.606. The number of fused-ring (bicyclic) bond motifs is 1. The smallest absolute Gasteiger partial charge is 0.277 e. The van der Waals surface area contributed by atoms with Gasteiger partial charge in [-0.1, -0.05) is 36.0 Å². The van der Waals surface area contributed by atoms with E-state index in [2.05, 4.69) is 20.6 Å². The molecule has 4 rings (SSSR count). The molecule has 32 heavy (non-hydrogen) atoms. The first-order valence-electron chi connectivity index (χ1n) is 9.54. The second kappa shape index (κ2) is 9.43. The molecule has 2 amide bonds. The quantitative estimate of drug-likeness (QED) is 0.312. The molecule has 0 saturated heterocycles. The van der Waals surface area contributed by atoms with Crippen LogP contribution < -0.4 is 31.4 Å². The molecule has 0 atom stereocenters. The Bertz CT molecular complexity index is 1210. The van der Waals surface area contributed by atoms with Crippen LogP contribution in [0.1, 0.15) is 15.9 Å². The highest BCUT2D eigenvalue weighted by Gasteiger charge is 2.16. The summed E-state index contributed by atoms with van der Waals surface area (Å²) in [6.07, 6.45) is 0. The number of nitrogens with one attached hydrogen (secondary N) is 3. The highest BCUT2D eigenvalue weighted by molar-refractivity contribution is 7.99. The molecule has 0 radical (unpaired) electrons. The molecule has 1 aliphatic rings. The maximum atomic E-state index is 12.3. The Morgan fingerprint density at radius 1 is 1.12 bits per heavy atom. The molecule has 5 N–H and O–H groups in total. The lowest BCUT2D eigenvalue weighted by Gasteiger charge is -2.09. The zero-order valence-corrected chi connectivity index (χ0v) is 17.5. The fourth-order valence-electron chi connectivity index (χ4n) is 2.87. The van der Waals surface area contributed by atoms with Gasteiger partial charge in [0.15, 0.2) is 22.5 Å². The summed E-state index contributed by atoms with van der Waals surface area (Å²) in [7, 11) is 0. The highest BCUT2D eigenvalue weighted by Crippen LogP contribution is 2.32. The van der Waals surface area contributed by atoms with Gasteiger partial charge in [-0.2, -0.15) is 0 Å². The van der Waals surface area contributed by atoms with Gasteiger partial charge in [0.05, 0.1) is 5.75 Å².